The third-order valence-electron chi connectivity index (χ3n) is 3.87. The topological polar surface area (TPSA) is 37.4 Å². The second-order valence-electron chi connectivity index (χ2n) is 4.98. The predicted octanol–water partition coefficient (Wildman–Crippen LogP) is 2.83. The third kappa shape index (κ3) is 1.40. The van der Waals surface area contributed by atoms with Crippen LogP contribution in [0.25, 0.3) is 16.8 Å². The lowest BCUT2D eigenvalue weighted by atomic mass is 9.89. The van der Waals surface area contributed by atoms with Crippen LogP contribution in [0.3, 0.4) is 0 Å². The fourth-order valence-electron chi connectivity index (χ4n) is 2.99. The summed E-state index contributed by atoms with van der Waals surface area (Å²) in [7, 11) is 0. The molecule has 1 aliphatic carbocycles. The number of rotatable bonds is 1. The molecule has 2 aromatic carbocycles. The number of carbonyl (C=O) groups excluding carboxylic acids is 2. The van der Waals surface area contributed by atoms with Crippen molar-refractivity contribution in [3.63, 3.8) is 0 Å². The second-order valence-corrected chi connectivity index (χ2v) is 4.98. The Morgan fingerprint density at radius 1 is 0.850 bits per heavy atom. The summed E-state index contributed by atoms with van der Waals surface area (Å²) in [4.78, 5) is 25.1. The van der Waals surface area contributed by atoms with Crippen LogP contribution in [0.1, 0.15) is 17.2 Å². The third-order valence-corrected chi connectivity index (χ3v) is 3.87. The molecule has 0 spiro atoms. The van der Waals surface area contributed by atoms with Crippen LogP contribution in [0.5, 0.6) is 0 Å². The van der Waals surface area contributed by atoms with Gasteiger partial charge in [0.2, 0.25) is 0 Å². The molecular weight excluding hydrogens is 250 g/mol. The Bertz CT molecular complexity index is 794. The number of benzene rings is 2. The van der Waals surface area contributed by atoms with Crippen LogP contribution in [0, 0.1) is 0 Å². The van der Waals surface area contributed by atoms with Gasteiger partial charge in [0.15, 0.2) is 0 Å². The van der Waals surface area contributed by atoms with Gasteiger partial charge in [-0.25, -0.2) is 0 Å². The lowest BCUT2D eigenvalue weighted by Gasteiger charge is -2.28. The minimum absolute atomic E-state index is 0.249. The number of imide groups is 1. The zero-order chi connectivity index (χ0) is 13.7. The molecule has 0 radical (unpaired) electrons. The zero-order valence-corrected chi connectivity index (χ0v) is 10.6. The number of hydrogen-bond acceptors (Lipinski definition) is 2. The van der Waals surface area contributed by atoms with Gasteiger partial charge in [-0.05, 0) is 21.9 Å². The fourth-order valence-corrected chi connectivity index (χ4v) is 2.99. The van der Waals surface area contributed by atoms with Gasteiger partial charge in [0.25, 0.3) is 11.8 Å². The summed E-state index contributed by atoms with van der Waals surface area (Å²) in [6.07, 6.45) is 6.56. The van der Waals surface area contributed by atoms with E-state index >= 15 is 0 Å². The van der Waals surface area contributed by atoms with Crippen molar-refractivity contribution in [2.24, 2.45) is 0 Å². The number of nitrogens with zero attached hydrogens (tertiary/aromatic N) is 1. The molecule has 3 nitrogen and oxygen atoms in total. The Hall–Kier alpha value is -2.68. The van der Waals surface area contributed by atoms with Crippen LogP contribution in [0.2, 0.25) is 0 Å². The maximum absolute atomic E-state index is 11.9. The van der Waals surface area contributed by atoms with E-state index in [2.05, 4.69) is 0 Å². The van der Waals surface area contributed by atoms with Crippen LogP contribution < -0.4 is 0 Å². The highest BCUT2D eigenvalue weighted by molar-refractivity contribution is 6.14. The lowest BCUT2D eigenvalue weighted by molar-refractivity contribution is -0.138. The van der Waals surface area contributed by atoms with Gasteiger partial charge in [0.1, 0.15) is 0 Å². The highest BCUT2D eigenvalue weighted by Gasteiger charge is 2.32. The molecule has 0 fully saturated rings. The van der Waals surface area contributed by atoms with E-state index in [0.717, 1.165) is 21.9 Å². The molecule has 1 heterocycles. The molecule has 1 aliphatic heterocycles. The molecule has 4 rings (SSSR count). The van der Waals surface area contributed by atoms with Crippen LogP contribution in [0.15, 0.2) is 54.6 Å². The molecule has 0 N–H and O–H groups in total. The van der Waals surface area contributed by atoms with Crippen molar-refractivity contribution in [3.8, 4) is 0 Å². The highest BCUT2D eigenvalue weighted by Crippen LogP contribution is 2.37. The average molecular weight is 261 g/mol. The van der Waals surface area contributed by atoms with Crippen LogP contribution >= 0.6 is 0 Å². The molecule has 3 heteroatoms. The Morgan fingerprint density at radius 3 is 2.30 bits per heavy atom. The summed E-state index contributed by atoms with van der Waals surface area (Å²) < 4.78 is 0. The molecule has 1 atom stereocenters. The molecule has 96 valence electrons. The fraction of sp³-hybridized carbons (Fsp3) is 0.0588. The summed E-state index contributed by atoms with van der Waals surface area (Å²) >= 11 is 0. The Kier molecular flexibility index (Phi) is 2.18. The molecule has 0 saturated carbocycles. The number of carbonyl (C=O) groups is 2. The largest absolute Gasteiger partial charge is 0.269 e. The van der Waals surface area contributed by atoms with Gasteiger partial charge in [-0.15, -0.1) is 0 Å². The number of hydrogen-bond donors (Lipinski definition) is 0. The lowest BCUT2D eigenvalue weighted by Crippen LogP contribution is -2.34. The summed E-state index contributed by atoms with van der Waals surface area (Å²) in [6.45, 7) is 0. The smallest absolute Gasteiger partial charge is 0.254 e. The summed E-state index contributed by atoms with van der Waals surface area (Å²) in [5, 5.41) is 2.25. The van der Waals surface area contributed by atoms with Gasteiger partial charge in [0.05, 0.1) is 6.04 Å². The summed E-state index contributed by atoms with van der Waals surface area (Å²) in [5.74, 6) is -0.498. The normalized spacial score (nSPS) is 20.2. The van der Waals surface area contributed by atoms with Crippen LogP contribution in [0.4, 0.5) is 0 Å². The van der Waals surface area contributed by atoms with Gasteiger partial charge >= 0.3 is 0 Å². The van der Waals surface area contributed by atoms with E-state index in [-0.39, 0.29) is 17.9 Å². The van der Waals surface area contributed by atoms with Crippen molar-refractivity contribution < 1.29 is 9.59 Å². The van der Waals surface area contributed by atoms with E-state index in [9.17, 15) is 9.59 Å². The van der Waals surface area contributed by atoms with E-state index in [1.807, 2.05) is 48.6 Å². The first kappa shape index (κ1) is 11.2. The second kappa shape index (κ2) is 3.90. The number of amides is 2. The predicted molar refractivity (Wildman–Crippen MR) is 76.7 cm³/mol. The molecule has 20 heavy (non-hydrogen) atoms. The molecule has 0 saturated heterocycles. The Balaban J connectivity index is 1.95. The summed E-state index contributed by atoms with van der Waals surface area (Å²) in [5.41, 5.74) is 2.13. The minimum Gasteiger partial charge on any atom is -0.269 e. The first-order chi connectivity index (χ1) is 9.75. The van der Waals surface area contributed by atoms with Gasteiger partial charge < -0.3 is 0 Å². The van der Waals surface area contributed by atoms with Crippen molar-refractivity contribution >= 4 is 28.7 Å². The van der Waals surface area contributed by atoms with Crippen molar-refractivity contribution in [2.45, 2.75) is 6.04 Å². The van der Waals surface area contributed by atoms with Gasteiger partial charge in [-0.1, -0.05) is 48.6 Å². The molecule has 2 aliphatic rings. The van der Waals surface area contributed by atoms with Crippen molar-refractivity contribution in [1.29, 1.82) is 0 Å². The van der Waals surface area contributed by atoms with Crippen LogP contribution in [-0.4, -0.2) is 16.7 Å². The van der Waals surface area contributed by atoms with E-state index in [1.165, 1.54) is 17.1 Å². The maximum Gasteiger partial charge on any atom is 0.254 e. The van der Waals surface area contributed by atoms with E-state index in [4.69, 9.17) is 0 Å². The SMILES string of the molecule is O=C1C=CC(=O)N1C1C=Cc2cccc3cccc1c23. The monoisotopic (exact) mass is 261 g/mol. The van der Waals surface area contributed by atoms with Crippen molar-refractivity contribution in [2.75, 3.05) is 0 Å². The molecule has 0 bridgehead atoms. The van der Waals surface area contributed by atoms with Crippen LogP contribution in [-0.2, 0) is 9.59 Å². The first-order valence-corrected chi connectivity index (χ1v) is 6.51. The van der Waals surface area contributed by atoms with E-state index < -0.39 is 0 Å². The van der Waals surface area contributed by atoms with Gasteiger partial charge in [0, 0.05) is 12.2 Å². The molecule has 2 amide bonds. The zero-order valence-electron chi connectivity index (χ0n) is 10.6. The van der Waals surface area contributed by atoms with Gasteiger partial charge in [-0.3, -0.25) is 14.5 Å². The molecule has 2 aromatic rings. The van der Waals surface area contributed by atoms with Crippen molar-refractivity contribution in [3.05, 3.63) is 65.8 Å². The molecular formula is C17H11NO2. The Labute approximate surface area is 115 Å². The summed E-state index contributed by atoms with van der Waals surface area (Å²) in [6, 6.07) is 11.8. The van der Waals surface area contributed by atoms with Gasteiger partial charge in [-0.2, -0.15) is 0 Å². The quantitative estimate of drug-likeness (QED) is 0.740. The minimum atomic E-state index is -0.316. The maximum atomic E-state index is 11.9. The standard InChI is InChI=1S/C17H11NO2/c19-15-9-10-16(20)18(15)14-8-7-12-4-1-3-11-5-2-6-13(14)17(11)12/h1-10,14H. The van der Waals surface area contributed by atoms with E-state index in [0.29, 0.717) is 0 Å². The molecule has 0 aromatic heterocycles. The Morgan fingerprint density at radius 2 is 1.55 bits per heavy atom. The molecule has 1 unspecified atom stereocenters. The van der Waals surface area contributed by atoms with E-state index in [1.54, 1.807) is 0 Å². The first-order valence-electron chi connectivity index (χ1n) is 6.51. The van der Waals surface area contributed by atoms with Crippen molar-refractivity contribution in [1.82, 2.24) is 4.90 Å². The highest BCUT2D eigenvalue weighted by atomic mass is 16.2. The average Bonchev–Trinajstić information content (AvgIpc) is 2.80.